The Bertz CT molecular complexity index is 1710. The van der Waals surface area contributed by atoms with E-state index in [9.17, 15) is 23.8 Å². The van der Waals surface area contributed by atoms with Crippen LogP contribution in [0.2, 0.25) is 0 Å². The lowest BCUT2D eigenvalue weighted by atomic mass is 10.1. The minimum atomic E-state index is -2.92. The van der Waals surface area contributed by atoms with Gasteiger partial charge in [-0.05, 0) is 37.1 Å². The molecule has 0 unspecified atom stereocenters. The fourth-order valence-electron chi connectivity index (χ4n) is 5.11. The van der Waals surface area contributed by atoms with Crippen LogP contribution in [0.25, 0.3) is 33.1 Å². The number of anilines is 1. The summed E-state index contributed by atoms with van der Waals surface area (Å²) >= 11 is 0. The van der Waals surface area contributed by atoms with E-state index in [-0.39, 0.29) is 55.0 Å². The molecule has 0 aliphatic carbocycles. The van der Waals surface area contributed by atoms with Gasteiger partial charge in [-0.2, -0.15) is 4.98 Å². The number of carbonyl (C=O) groups is 1. The van der Waals surface area contributed by atoms with Crippen LogP contribution in [-0.2, 0) is 9.53 Å². The highest BCUT2D eigenvalue weighted by Crippen LogP contribution is 2.34. The van der Waals surface area contributed by atoms with Crippen LogP contribution in [-0.4, -0.2) is 67.7 Å². The molecule has 1 fully saturated rings. The van der Waals surface area contributed by atoms with Crippen LogP contribution >= 0.6 is 0 Å². The Morgan fingerprint density at radius 3 is 2.76 bits per heavy atom. The van der Waals surface area contributed by atoms with E-state index in [1.165, 1.54) is 0 Å². The summed E-state index contributed by atoms with van der Waals surface area (Å²) in [6.45, 7) is 0.609. The number of aliphatic carboxylic acids is 1. The van der Waals surface area contributed by atoms with Gasteiger partial charge in [0.2, 0.25) is 0 Å². The average Bonchev–Trinajstić information content (AvgIpc) is 3.52. The van der Waals surface area contributed by atoms with E-state index >= 15 is 0 Å². The molecule has 1 aliphatic rings. The molecule has 3 atom stereocenters. The first-order valence-corrected chi connectivity index (χ1v) is 13.2. The minimum Gasteiger partial charge on any atom is -0.481 e. The number of aliphatic hydroxyl groups excluding tert-OH is 1. The molecule has 11 nitrogen and oxygen atoms in total. The van der Waals surface area contributed by atoms with E-state index in [0.29, 0.717) is 29.5 Å². The molecule has 13 heteroatoms. The highest BCUT2D eigenvalue weighted by atomic mass is 19.3. The quantitative estimate of drug-likeness (QED) is 0.217. The van der Waals surface area contributed by atoms with Crippen molar-refractivity contribution >= 4 is 44.9 Å². The normalized spacial score (nSPS) is 18.3. The summed E-state index contributed by atoms with van der Waals surface area (Å²) in [5.41, 5.74) is 2.30. The third-order valence-electron chi connectivity index (χ3n) is 7.07. The summed E-state index contributed by atoms with van der Waals surface area (Å²) in [5.74, 6) is -1.64. The summed E-state index contributed by atoms with van der Waals surface area (Å²) in [7, 11) is 0. The molecule has 1 saturated heterocycles. The number of aliphatic hydroxyl groups is 1. The van der Waals surface area contributed by atoms with Crippen molar-refractivity contribution in [1.29, 1.82) is 0 Å². The number of rotatable bonds is 10. The lowest BCUT2D eigenvalue weighted by Gasteiger charge is -2.30. The van der Waals surface area contributed by atoms with Crippen molar-refractivity contribution in [3.8, 4) is 6.01 Å². The first-order chi connectivity index (χ1) is 19.9. The van der Waals surface area contributed by atoms with Crippen LogP contribution in [0, 0.1) is 0 Å². The van der Waals surface area contributed by atoms with Gasteiger partial charge in [0.1, 0.15) is 17.2 Å². The Balaban J connectivity index is 1.34. The van der Waals surface area contributed by atoms with Gasteiger partial charge in [0.25, 0.3) is 12.4 Å². The number of furan rings is 1. The van der Waals surface area contributed by atoms with Gasteiger partial charge < -0.3 is 29.4 Å². The zero-order valence-electron chi connectivity index (χ0n) is 21.7. The molecular weight excluding hydrogens is 540 g/mol. The van der Waals surface area contributed by atoms with Crippen molar-refractivity contribution in [1.82, 2.24) is 19.5 Å². The number of para-hydroxylation sites is 3. The number of nitrogens with zero attached hydrogens (tertiary/aromatic N) is 4. The molecule has 2 aromatic carbocycles. The number of imidazole rings is 1. The summed E-state index contributed by atoms with van der Waals surface area (Å²) in [6, 6.07) is 14.2. The molecule has 214 valence electrons. The average molecular weight is 568 g/mol. The molecule has 0 amide bonds. The SMILES string of the molecule is O=C(O)CC[C@@H](CNc1nc(C(F)F)nc2c1oc1ccccc12)Oc1nc2ccccc2n1[C@H]1CCOC[C@@H]1O. The number of nitrogens with one attached hydrogen (secondary N) is 1. The van der Waals surface area contributed by atoms with Crippen LogP contribution in [0.4, 0.5) is 14.6 Å². The van der Waals surface area contributed by atoms with Gasteiger partial charge in [-0.25, -0.2) is 18.7 Å². The lowest BCUT2D eigenvalue weighted by molar-refractivity contribution is -0.137. The first kappa shape index (κ1) is 26.8. The van der Waals surface area contributed by atoms with Gasteiger partial charge in [-0.1, -0.05) is 24.3 Å². The Labute approximate surface area is 231 Å². The second-order valence-corrected chi connectivity index (χ2v) is 9.81. The van der Waals surface area contributed by atoms with Crippen molar-refractivity contribution in [2.45, 2.75) is 43.9 Å². The van der Waals surface area contributed by atoms with Gasteiger partial charge in [0.05, 0.1) is 36.3 Å². The van der Waals surface area contributed by atoms with Crippen LogP contribution in [0.3, 0.4) is 0 Å². The van der Waals surface area contributed by atoms with Crippen LogP contribution in [0.1, 0.15) is 37.6 Å². The molecule has 3 N–H and O–H groups in total. The van der Waals surface area contributed by atoms with Crippen LogP contribution in [0.5, 0.6) is 6.01 Å². The summed E-state index contributed by atoms with van der Waals surface area (Å²) in [6.07, 6.45) is -4.08. The maximum Gasteiger partial charge on any atom is 0.303 e. The number of alkyl halides is 2. The largest absolute Gasteiger partial charge is 0.481 e. The Morgan fingerprint density at radius 1 is 1.15 bits per heavy atom. The smallest absolute Gasteiger partial charge is 0.303 e. The van der Waals surface area contributed by atoms with Gasteiger partial charge in [-0.3, -0.25) is 9.36 Å². The van der Waals surface area contributed by atoms with Crippen molar-refractivity contribution in [3.05, 3.63) is 54.4 Å². The lowest BCUT2D eigenvalue weighted by Crippen LogP contribution is -2.35. The third-order valence-corrected chi connectivity index (χ3v) is 7.07. The Morgan fingerprint density at radius 2 is 1.95 bits per heavy atom. The second kappa shape index (κ2) is 11.3. The van der Waals surface area contributed by atoms with Crippen LogP contribution < -0.4 is 10.1 Å². The molecule has 5 aromatic rings. The topological polar surface area (TPSA) is 145 Å². The number of carboxylic acids is 1. The molecule has 3 aromatic heterocycles. The molecular formula is C28H27F2N5O6. The van der Waals surface area contributed by atoms with E-state index in [2.05, 4.69) is 20.3 Å². The number of hydrogen-bond donors (Lipinski definition) is 3. The third kappa shape index (κ3) is 5.37. The molecule has 0 saturated carbocycles. The number of carboxylic acid groups (broad SMARTS) is 1. The second-order valence-electron chi connectivity index (χ2n) is 9.81. The predicted octanol–water partition coefficient (Wildman–Crippen LogP) is 4.71. The summed E-state index contributed by atoms with van der Waals surface area (Å²) in [4.78, 5) is 24.1. The van der Waals surface area contributed by atoms with Gasteiger partial charge >= 0.3 is 5.97 Å². The molecule has 1 aliphatic heterocycles. The number of ether oxygens (including phenoxy) is 2. The summed E-state index contributed by atoms with van der Waals surface area (Å²) < 4.78 is 46.9. The molecule has 0 bridgehead atoms. The van der Waals surface area contributed by atoms with Crippen molar-refractivity contribution in [3.63, 3.8) is 0 Å². The number of halogens is 2. The van der Waals surface area contributed by atoms with E-state index < -0.39 is 30.4 Å². The number of benzene rings is 2. The van der Waals surface area contributed by atoms with Crippen LogP contribution in [0.15, 0.2) is 52.9 Å². The minimum absolute atomic E-state index is 0.00134. The number of hydrogen-bond acceptors (Lipinski definition) is 9. The molecule has 4 heterocycles. The zero-order chi connectivity index (χ0) is 28.5. The molecule has 0 spiro atoms. The number of fused-ring (bicyclic) bond motifs is 4. The summed E-state index contributed by atoms with van der Waals surface area (Å²) in [5, 5.41) is 23.7. The van der Waals surface area contributed by atoms with Crippen molar-refractivity contribution in [2.24, 2.45) is 0 Å². The van der Waals surface area contributed by atoms with Gasteiger partial charge in [-0.15, -0.1) is 0 Å². The first-order valence-electron chi connectivity index (χ1n) is 13.2. The Kier molecular flexibility index (Phi) is 7.37. The molecule has 6 rings (SSSR count). The fourth-order valence-corrected chi connectivity index (χ4v) is 5.11. The van der Waals surface area contributed by atoms with Crippen molar-refractivity contribution in [2.75, 3.05) is 25.1 Å². The Hall–Kier alpha value is -4.36. The van der Waals surface area contributed by atoms with E-state index in [4.69, 9.17) is 13.9 Å². The zero-order valence-corrected chi connectivity index (χ0v) is 21.7. The monoisotopic (exact) mass is 567 g/mol. The van der Waals surface area contributed by atoms with E-state index in [1.807, 2.05) is 28.8 Å². The van der Waals surface area contributed by atoms with Gasteiger partial charge in [0.15, 0.2) is 17.2 Å². The fraction of sp³-hybridized carbons (Fsp3) is 0.357. The molecule has 0 radical (unpaired) electrons. The number of aromatic nitrogens is 4. The predicted molar refractivity (Wildman–Crippen MR) is 144 cm³/mol. The standard InChI is InChI=1S/C28H27F2N5O6/c29-25(30)27-33-23-16-5-1-4-8-21(16)41-24(23)26(34-27)31-13-15(9-10-22(37)38)40-28-32-17-6-2-3-7-18(17)35(28)19-11-12-39-14-20(19)36/h1-8,15,19-20,25,36H,9-14H2,(H,37,38)(H,31,33,34)/t15-,19-,20-/m0/s1. The highest BCUT2D eigenvalue weighted by Gasteiger charge is 2.31. The van der Waals surface area contributed by atoms with Crippen molar-refractivity contribution < 1.29 is 37.7 Å². The molecule has 41 heavy (non-hydrogen) atoms. The van der Waals surface area contributed by atoms with E-state index in [1.54, 1.807) is 24.3 Å². The maximum absolute atomic E-state index is 13.7. The highest BCUT2D eigenvalue weighted by molar-refractivity contribution is 6.05. The van der Waals surface area contributed by atoms with E-state index in [0.717, 1.165) is 5.52 Å². The van der Waals surface area contributed by atoms with Gasteiger partial charge in [0, 0.05) is 18.4 Å². The maximum atomic E-state index is 13.7.